The van der Waals surface area contributed by atoms with E-state index in [1.54, 1.807) is 17.1 Å². The highest BCUT2D eigenvalue weighted by molar-refractivity contribution is 6.30. The molecule has 0 saturated heterocycles. The van der Waals surface area contributed by atoms with Crippen LogP contribution in [-0.4, -0.2) is 10.6 Å². The molecule has 1 radical (unpaired) electrons. The van der Waals surface area contributed by atoms with Crippen LogP contribution in [0.15, 0.2) is 60.1 Å². The fourth-order valence-electron chi connectivity index (χ4n) is 3.06. The van der Waals surface area contributed by atoms with Gasteiger partial charge in [-0.05, 0) is 47.9 Å². The Morgan fingerprint density at radius 3 is 2.52 bits per heavy atom. The van der Waals surface area contributed by atoms with Gasteiger partial charge in [0.05, 0.1) is 11.4 Å². The van der Waals surface area contributed by atoms with Crippen LogP contribution >= 0.6 is 11.6 Å². The summed E-state index contributed by atoms with van der Waals surface area (Å²) in [5, 5.41) is 14.7. The van der Waals surface area contributed by atoms with Gasteiger partial charge >= 0.3 is 0 Å². The van der Waals surface area contributed by atoms with E-state index in [0.717, 1.165) is 23.5 Å². The Morgan fingerprint density at radius 2 is 1.78 bits per heavy atom. The molecular weight excluding hydrogens is 314 g/mol. The average molecular weight is 331 g/mol. The lowest BCUT2D eigenvalue weighted by Crippen LogP contribution is -2.38. The quantitative estimate of drug-likeness (QED) is 0.872. The molecule has 0 spiro atoms. The van der Waals surface area contributed by atoms with E-state index in [9.17, 15) is 5.11 Å². The number of hydrogen-bond donors (Lipinski definition) is 1. The summed E-state index contributed by atoms with van der Waals surface area (Å²) in [6.07, 6.45) is 0.899. The third-order valence-electron chi connectivity index (χ3n) is 4.12. The highest BCUT2D eigenvalue weighted by Crippen LogP contribution is 2.41. The molecule has 2 heterocycles. The molecule has 2 aromatic rings. The minimum Gasteiger partial charge on any atom is -0.492 e. The Balaban J connectivity index is 0.00000156. The molecular formula is C17H17ClN3O2. The topological polar surface area (TPSA) is 72.3 Å². The fraction of sp³-hybridized carbons (Fsp3) is 0.176. The summed E-state index contributed by atoms with van der Waals surface area (Å²) in [6, 6.07) is 15.4. The number of fused-ring (bicyclic) bond motifs is 3. The first kappa shape index (κ1) is 15.7. The van der Waals surface area contributed by atoms with Crippen LogP contribution in [-0.2, 0) is 6.42 Å². The van der Waals surface area contributed by atoms with Crippen LogP contribution in [0.2, 0.25) is 5.02 Å². The van der Waals surface area contributed by atoms with E-state index in [-0.39, 0.29) is 17.3 Å². The number of allylic oxidation sites excluding steroid dienone is 1. The maximum atomic E-state index is 10.6. The van der Waals surface area contributed by atoms with Crippen LogP contribution in [0.25, 0.3) is 0 Å². The number of benzene rings is 2. The molecule has 0 amide bonds. The third kappa shape index (κ3) is 2.43. The summed E-state index contributed by atoms with van der Waals surface area (Å²) in [6.45, 7) is 2.11. The summed E-state index contributed by atoms with van der Waals surface area (Å²) in [4.78, 5) is 0. The molecule has 0 aromatic heterocycles. The Hall–Kier alpha value is -2.21. The molecule has 0 saturated carbocycles. The van der Waals surface area contributed by atoms with Crippen molar-refractivity contribution in [2.75, 3.05) is 10.0 Å². The van der Waals surface area contributed by atoms with E-state index in [1.807, 2.05) is 35.3 Å². The summed E-state index contributed by atoms with van der Waals surface area (Å²) in [5.41, 5.74) is 8.48. The van der Waals surface area contributed by atoms with E-state index < -0.39 is 0 Å². The van der Waals surface area contributed by atoms with Gasteiger partial charge in [0.15, 0.2) is 0 Å². The van der Waals surface area contributed by atoms with Gasteiger partial charge in [-0.1, -0.05) is 36.7 Å². The SMILES string of the molecule is CC1Cc2ccccc2N2[N]N(c3ccc(Cl)cc3)C(O)=C12.O. The van der Waals surface area contributed by atoms with Crippen molar-refractivity contribution in [2.24, 2.45) is 5.92 Å². The van der Waals surface area contributed by atoms with Crippen molar-refractivity contribution >= 4 is 23.0 Å². The van der Waals surface area contributed by atoms with E-state index in [2.05, 4.69) is 18.5 Å². The van der Waals surface area contributed by atoms with Crippen LogP contribution < -0.4 is 15.6 Å². The van der Waals surface area contributed by atoms with Gasteiger partial charge in [0, 0.05) is 10.9 Å². The molecule has 0 bridgehead atoms. The summed E-state index contributed by atoms with van der Waals surface area (Å²) in [5.74, 6) is 0.389. The summed E-state index contributed by atoms with van der Waals surface area (Å²) in [7, 11) is 0. The second-order valence-corrected chi connectivity index (χ2v) is 6.07. The minimum absolute atomic E-state index is 0. The van der Waals surface area contributed by atoms with Crippen molar-refractivity contribution < 1.29 is 10.6 Å². The van der Waals surface area contributed by atoms with Crippen molar-refractivity contribution in [2.45, 2.75) is 13.3 Å². The van der Waals surface area contributed by atoms with Crippen LogP contribution in [0, 0.1) is 5.92 Å². The zero-order chi connectivity index (χ0) is 15.3. The molecule has 1 unspecified atom stereocenters. The number of rotatable bonds is 1. The van der Waals surface area contributed by atoms with Crippen molar-refractivity contribution in [1.29, 1.82) is 0 Å². The van der Waals surface area contributed by atoms with E-state index >= 15 is 0 Å². The molecule has 2 aliphatic rings. The van der Waals surface area contributed by atoms with E-state index in [4.69, 9.17) is 11.6 Å². The Kier molecular flexibility index (Phi) is 3.93. The number of aliphatic hydroxyl groups is 1. The van der Waals surface area contributed by atoms with Gasteiger partial charge in [0.1, 0.15) is 5.70 Å². The summed E-state index contributed by atoms with van der Waals surface area (Å²) >= 11 is 5.93. The normalized spacial score (nSPS) is 19.3. The van der Waals surface area contributed by atoms with Crippen LogP contribution in [0.1, 0.15) is 12.5 Å². The third-order valence-corrected chi connectivity index (χ3v) is 4.37. The molecule has 4 rings (SSSR count). The highest BCUT2D eigenvalue weighted by Gasteiger charge is 2.39. The fourth-order valence-corrected chi connectivity index (χ4v) is 3.19. The molecule has 2 aromatic carbocycles. The maximum Gasteiger partial charge on any atom is 0.231 e. The van der Waals surface area contributed by atoms with Crippen LogP contribution in [0.5, 0.6) is 0 Å². The first-order chi connectivity index (χ1) is 10.6. The van der Waals surface area contributed by atoms with Gasteiger partial charge < -0.3 is 10.6 Å². The zero-order valence-corrected chi connectivity index (χ0v) is 13.3. The Morgan fingerprint density at radius 1 is 1.09 bits per heavy atom. The predicted molar refractivity (Wildman–Crippen MR) is 91.1 cm³/mol. The van der Waals surface area contributed by atoms with Gasteiger partial charge in [-0.25, -0.2) is 10.0 Å². The molecule has 0 aliphatic carbocycles. The van der Waals surface area contributed by atoms with Gasteiger partial charge in [0.25, 0.3) is 0 Å². The van der Waals surface area contributed by atoms with Crippen LogP contribution in [0.3, 0.4) is 0 Å². The molecule has 2 aliphatic heterocycles. The Bertz CT molecular complexity index is 761. The number of hydrogen-bond acceptors (Lipinski definition) is 3. The standard InChI is InChI=1S/C17H15ClN3O.H2O/c1-11-10-12-4-2-3-5-15(12)21-16(11)17(22)20(19-21)14-8-6-13(18)7-9-14;/h2-9,11,22H,10H2,1H3;1H2. The second-order valence-electron chi connectivity index (χ2n) is 5.63. The minimum atomic E-state index is 0. The van der Waals surface area contributed by atoms with Crippen molar-refractivity contribution in [1.82, 2.24) is 5.53 Å². The van der Waals surface area contributed by atoms with Crippen molar-refractivity contribution in [3.63, 3.8) is 0 Å². The first-order valence-corrected chi connectivity index (χ1v) is 7.61. The largest absolute Gasteiger partial charge is 0.492 e. The molecule has 0 fully saturated rings. The smallest absolute Gasteiger partial charge is 0.231 e. The maximum absolute atomic E-state index is 10.6. The number of aliphatic hydroxyl groups excluding tert-OH is 1. The number of halogens is 1. The molecule has 1 atom stereocenters. The van der Waals surface area contributed by atoms with Gasteiger partial charge in [0.2, 0.25) is 5.88 Å². The van der Waals surface area contributed by atoms with Gasteiger partial charge in [-0.3, -0.25) is 0 Å². The van der Waals surface area contributed by atoms with Gasteiger partial charge in [-0.15, -0.1) is 0 Å². The lowest BCUT2D eigenvalue weighted by Gasteiger charge is -2.30. The average Bonchev–Trinajstić information content (AvgIpc) is 2.87. The number of para-hydroxylation sites is 1. The van der Waals surface area contributed by atoms with Gasteiger partial charge in [-0.2, -0.15) is 0 Å². The molecule has 23 heavy (non-hydrogen) atoms. The lowest BCUT2D eigenvalue weighted by atomic mass is 9.92. The number of anilines is 2. The molecule has 6 heteroatoms. The highest BCUT2D eigenvalue weighted by atomic mass is 35.5. The zero-order valence-electron chi connectivity index (χ0n) is 12.6. The molecule has 119 valence electrons. The van der Waals surface area contributed by atoms with Crippen LogP contribution in [0.4, 0.5) is 11.4 Å². The summed E-state index contributed by atoms with van der Waals surface area (Å²) < 4.78 is 0. The van der Waals surface area contributed by atoms with Crippen molar-refractivity contribution in [3.8, 4) is 0 Å². The second kappa shape index (κ2) is 5.77. The molecule has 3 N–H and O–H groups in total. The van der Waals surface area contributed by atoms with E-state index in [1.165, 1.54) is 5.56 Å². The number of nitrogens with zero attached hydrogens (tertiary/aromatic N) is 3. The predicted octanol–water partition coefficient (Wildman–Crippen LogP) is 3.20. The molecule has 5 nitrogen and oxygen atoms in total. The monoisotopic (exact) mass is 330 g/mol. The Labute approximate surface area is 139 Å². The first-order valence-electron chi connectivity index (χ1n) is 7.23. The van der Waals surface area contributed by atoms with Crippen molar-refractivity contribution in [3.05, 3.63) is 70.7 Å². The lowest BCUT2D eigenvalue weighted by molar-refractivity contribution is 0.381. The van der Waals surface area contributed by atoms with E-state index in [0.29, 0.717) is 5.02 Å².